The van der Waals surface area contributed by atoms with E-state index in [9.17, 15) is 14.7 Å². The van der Waals surface area contributed by atoms with E-state index >= 15 is 0 Å². The lowest BCUT2D eigenvalue weighted by atomic mass is 9.61. The molecule has 4 aromatic rings. The molecular weight excluding hydrogens is 751 g/mol. The van der Waals surface area contributed by atoms with E-state index in [1.165, 1.54) is 6.07 Å². The Morgan fingerprint density at radius 2 is 1.88 bits per heavy atom. The fraction of sp³-hybridized carbons (Fsp3) is 0.444. The molecule has 11 rings (SSSR count). The van der Waals surface area contributed by atoms with Gasteiger partial charge in [0.2, 0.25) is 0 Å². The summed E-state index contributed by atoms with van der Waals surface area (Å²) in [7, 11) is 1.94. The van der Waals surface area contributed by atoms with Gasteiger partial charge in [0, 0.05) is 53.1 Å². The predicted molar refractivity (Wildman–Crippen MR) is 222 cm³/mol. The summed E-state index contributed by atoms with van der Waals surface area (Å²) in [6.45, 7) is 7.52. The first-order valence-electron chi connectivity index (χ1n) is 20.6. The third-order valence-corrected chi connectivity index (χ3v) is 13.4. The Morgan fingerprint density at radius 3 is 2.69 bits per heavy atom. The summed E-state index contributed by atoms with van der Waals surface area (Å²) in [5.41, 5.74) is 16.5. The van der Waals surface area contributed by atoms with Crippen LogP contribution in [0.1, 0.15) is 68.0 Å². The molecule has 0 amide bonds. The minimum Gasteiger partial charge on any atom is -0.507 e. The molecule has 3 saturated heterocycles. The number of allylic oxidation sites excluding steroid dienone is 1. The lowest BCUT2D eigenvalue weighted by Gasteiger charge is -2.48. The molecule has 1 aromatic carbocycles. The normalized spacial score (nSPS) is 28.5. The van der Waals surface area contributed by atoms with Crippen molar-refractivity contribution < 1.29 is 28.5 Å². The number of benzene rings is 1. The number of carbonyl (C=O) groups is 1. The number of phenolic OH excluding ortho intramolecular Hbond substituents is 1. The topological polar surface area (TPSA) is 204 Å². The zero-order valence-electron chi connectivity index (χ0n) is 33.7. The predicted octanol–water partition coefficient (Wildman–Crippen LogP) is 5.30. The lowest BCUT2D eigenvalue weighted by molar-refractivity contribution is -0.172. The minimum atomic E-state index is -1.12. The monoisotopic (exact) mass is 799 g/mol. The maximum absolute atomic E-state index is 14.7. The Morgan fingerprint density at radius 1 is 1.05 bits per heavy atom. The van der Waals surface area contributed by atoms with Gasteiger partial charge in [0.05, 0.1) is 36.3 Å². The van der Waals surface area contributed by atoms with Gasteiger partial charge in [-0.05, 0) is 114 Å². The van der Waals surface area contributed by atoms with Crippen molar-refractivity contribution >= 4 is 34.3 Å². The van der Waals surface area contributed by atoms with Crippen LogP contribution in [0.15, 0.2) is 74.7 Å². The number of aliphatic imine (C=N–C) groups is 1. The van der Waals surface area contributed by atoms with Crippen LogP contribution in [0.5, 0.6) is 11.5 Å². The number of esters is 1. The SMILES string of the molecule is CNC[C@@H]1C[C@@H]2CC[C@@H]1[C@@H]1c3c(cc4oc(C)cc(=O)c4c3O)OC(C)(C)[C@@H]1OC(=O)[C@]21O[C@@H]1CCc1cc(N)nc(-c2cc(N)nc(CN3C=C4C=CN=C4C3)c2)c1. The molecule has 6 N–H and O–H groups in total. The summed E-state index contributed by atoms with van der Waals surface area (Å²) < 4.78 is 25.7. The summed E-state index contributed by atoms with van der Waals surface area (Å²) in [4.78, 5) is 43.9. The molecule has 0 radical (unpaired) electrons. The first kappa shape index (κ1) is 37.5. The number of ether oxygens (including phenoxy) is 3. The van der Waals surface area contributed by atoms with E-state index in [1.807, 2.05) is 57.4 Å². The molecule has 9 heterocycles. The number of hydrogen-bond acceptors (Lipinski definition) is 14. The van der Waals surface area contributed by atoms with Crippen LogP contribution in [0.25, 0.3) is 22.2 Å². The van der Waals surface area contributed by atoms with Crippen LogP contribution in [-0.4, -0.2) is 75.2 Å². The number of nitrogens with one attached hydrogen (secondary N) is 1. The van der Waals surface area contributed by atoms with Crippen molar-refractivity contribution in [1.82, 2.24) is 20.2 Å². The molecule has 306 valence electrons. The Balaban J connectivity index is 0.929. The highest BCUT2D eigenvalue weighted by Crippen LogP contribution is 2.61. The third kappa shape index (κ3) is 6.26. The third-order valence-electron chi connectivity index (χ3n) is 13.4. The highest BCUT2D eigenvalue weighted by atomic mass is 16.7. The highest BCUT2D eigenvalue weighted by molar-refractivity contribution is 6.07. The second-order valence-electron chi connectivity index (χ2n) is 17.7. The zero-order valence-corrected chi connectivity index (χ0v) is 33.7. The number of rotatable bonds is 8. The highest BCUT2D eigenvalue weighted by Gasteiger charge is 2.70. The Bertz CT molecular complexity index is 2580. The molecule has 1 saturated carbocycles. The molecule has 7 atom stereocenters. The summed E-state index contributed by atoms with van der Waals surface area (Å²) in [6.07, 6.45) is 8.22. The van der Waals surface area contributed by atoms with Crippen molar-refractivity contribution in [1.29, 1.82) is 0 Å². The molecule has 1 spiro atoms. The van der Waals surface area contributed by atoms with Gasteiger partial charge in [-0.25, -0.2) is 14.8 Å². The second-order valence-corrected chi connectivity index (χ2v) is 17.7. The number of hydrogen-bond donors (Lipinski definition) is 4. The average molecular weight is 800 g/mol. The molecule has 6 aliphatic heterocycles. The number of nitrogens with zero attached hydrogens (tertiary/aromatic N) is 4. The van der Waals surface area contributed by atoms with E-state index in [2.05, 4.69) is 31.4 Å². The van der Waals surface area contributed by atoms with Gasteiger partial charge in [-0.15, -0.1) is 0 Å². The molecule has 4 fully saturated rings. The van der Waals surface area contributed by atoms with E-state index in [0.717, 1.165) is 47.4 Å². The van der Waals surface area contributed by atoms with E-state index < -0.39 is 29.2 Å². The largest absolute Gasteiger partial charge is 0.507 e. The van der Waals surface area contributed by atoms with Crippen molar-refractivity contribution in [2.24, 2.45) is 22.7 Å². The van der Waals surface area contributed by atoms with Crippen molar-refractivity contribution in [3.63, 3.8) is 0 Å². The van der Waals surface area contributed by atoms with E-state index in [4.69, 9.17) is 30.1 Å². The zero-order chi connectivity index (χ0) is 41.0. The smallest absolute Gasteiger partial charge is 0.341 e. The Labute approximate surface area is 341 Å². The number of nitrogen functional groups attached to an aromatic ring is 2. The number of phenols is 1. The molecule has 1 aliphatic carbocycles. The number of aromatic nitrogens is 2. The maximum atomic E-state index is 14.7. The van der Waals surface area contributed by atoms with Crippen molar-refractivity contribution in [3.05, 3.63) is 93.3 Å². The molecule has 3 aromatic heterocycles. The van der Waals surface area contributed by atoms with Crippen molar-refractivity contribution in [2.45, 2.75) is 88.7 Å². The van der Waals surface area contributed by atoms with Crippen LogP contribution < -0.4 is 26.9 Å². The van der Waals surface area contributed by atoms with Crippen LogP contribution in [0, 0.1) is 24.7 Å². The molecule has 0 unspecified atom stereocenters. The van der Waals surface area contributed by atoms with Crippen LogP contribution >= 0.6 is 0 Å². The first-order valence-corrected chi connectivity index (χ1v) is 20.6. The van der Waals surface area contributed by atoms with Gasteiger partial charge in [-0.3, -0.25) is 9.79 Å². The minimum absolute atomic E-state index is 0.0196. The van der Waals surface area contributed by atoms with E-state index in [0.29, 0.717) is 66.9 Å². The maximum Gasteiger partial charge on any atom is 0.341 e. The number of carbonyl (C=O) groups excluding carboxylic acids is 1. The summed E-state index contributed by atoms with van der Waals surface area (Å²) >= 11 is 0. The number of aromatic hydroxyl groups is 1. The van der Waals surface area contributed by atoms with E-state index in [1.54, 1.807) is 13.0 Å². The van der Waals surface area contributed by atoms with Crippen LogP contribution in [-0.2, 0) is 27.2 Å². The molecule has 14 nitrogen and oxygen atoms in total. The number of fused-ring (bicyclic) bond motifs is 6. The van der Waals surface area contributed by atoms with Gasteiger partial charge in [0.25, 0.3) is 0 Å². The Kier molecular flexibility index (Phi) is 8.69. The van der Waals surface area contributed by atoms with Gasteiger partial charge >= 0.3 is 5.97 Å². The fourth-order valence-corrected chi connectivity index (χ4v) is 10.8. The molecule has 14 heteroatoms. The number of anilines is 2. The second kappa shape index (κ2) is 13.7. The van der Waals surface area contributed by atoms with Crippen molar-refractivity contribution in [3.8, 4) is 22.8 Å². The average Bonchev–Trinajstić information content (AvgIpc) is 3.52. The molecule has 59 heavy (non-hydrogen) atoms. The van der Waals surface area contributed by atoms with Gasteiger partial charge < -0.3 is 45.4 Å². The van der Waals surface area contributed by atoms with E-state index in [-0.39, 0.29) is 46.0 Å². The van der Waals surface area contributed by atoms with Crippen LogP contribution in [0.2, 0.25) is 0 Å². The number of aryl methyl sites for hydroxylation is 2. The van der Waals surface area contributed by atoms with Crippen LogP contribution in [0.4, 0.5) is 11.6 Å². The van der Waals surface area contributed by atoms with Gasteiger partial charge in [-0.2, -0.15) is 0 Å². The quantitative estimate of drug-likeness (QED) is 0.132. The summed E-state index contributed by atoms with van der Waals surface area (Å²) in [5.74, 6) is 0.719. The standard InChI is InChI=1S/C45H49N7O7/c1-22-11-32(53)39-33(56-22)17-34-40(41(39)54)38-29-7-6-27(14-26(29)18-48-4)45(43(55)57-42(38)44(2,3)58-34)35(59-45)8-5-23-12-30(51-36(46)13-23)25-15-28(50-37(47)16-25)20-52-19-24-9-10-49-31(24)21-52/h9-13,15-17,19,26-27,29,35,38,42,48,54H,5-8,14,18,20-21H2,1-4H3,(H2,46,51)(H2,47,50)/t26-,27-,29-,35+,38+,42+,45-/m0/s1. The number of pyridine rings is 2. The summed E-state index contributed by atoms with van der Waals surface area (Å²) in [5, 5.41) is 15.4. The molecule has 2 bridgehead atoms. The van der Waals surface area contributed by atoms with Gasteiger partial charge in [0.15, 0.2) is 11.0 Å². The van der Waals surface area contributed by atoms with Gasteiger partial charge in [0.1, 0.15) is 51.6 Å². The number of nitrogens with two attached hydrogens (primary N) is 2. The molecular formula is C45H49N7O7. The van der Waals surface area contributed by atoms with Crippen molar-refractivity contribution in [2.75, 3.05) is 31.6 Å². The molecule has 7 aliphatic rings. The Hall–Kier alpha value is -5.73. The number of epoxide rings is 1. The fourth-order valence-electron chi connectivity index (χ4n) is 10.8. The summed E-state index contributed by atoms with van der Waals surface area (Å²) in [6, 6.07) is 10.8. The van der Waals surface area contributed by atoms with Gasteiger partial charge in [-0.1, -0.05) is 0 Å². The first-order chi connectivity index (χ1) is 28.3. The lowest BCUT2D eigenvalue weighted by Crippen LogP contribution is -2.54. The van der Waals surface area contributed by atoms with Crippen LogP contribution in [0.3, 0.4) is 0 Å².